The molecule has 14 heavy (non-hydrogen) atoms. The first-order valence-corrected chi connectivity index (χ1v) is 5.24. The third-order valence-electron chi connectivity index (χ3n) is 3.30. The first kappa shape index (κ1) is 11.9. The van der Waals surface area contributed by atoms with Crippen molar-refractivity contribution in [3.05, 3.63) is 0 Å². The van der Waals surface area contributed by atoms with E-state index in [1.54, 1.807) is 0 Å². The van der Waals surface area contributed by atoms with E-state index in [0.29, 0.717) is 18.9 Å². The van der Waals surface area contributed by atoms with Crippen molar-refractivity contribution >= 4 is 0 Å². The fourth-order valence-corrected chi connectivity index (χ4v) is 1.83. The highest BCUT2D eigenvalue weighted by Gasteiger charge is 2.39. The summed E-state index contributed by atoms with van der Waals surface area (Å²) in [4.78, 5) is 0. The smallest absolute Gasteiger partial charge is 0.121 e. The van der Waals surface area contributed by atoms with E-state index in [-0.39, 0.29) is 12.0 Å². The van der Waals surface area contributed by atoms with Gasteiger partial charge in [0.25, 0.3) is 0 Å². The number of alkyl halides is 1. The van der Waals surface area contributed by atoms with Gasteiger partial charge in [-0.25, -0.2) is 4.39 Å². The maximum atomic E-state index is 12.7. The van der Waals surface area contributed by atoms with Crippen molar-refractivity contribution in [3.8, 4) is 0 Å². The molecule has 1 saturated heterocycles. The van der Waals surface area contributed by atoms with Gasteiger partial charge in [-0.15, -0.1) is 0 Å². The van der Waals surface area contributed by atoms with Gasteiger partial charge in [0, 0.05) is 0 Å². The Balaban J connectivity index is 2.53. The molecule has 0 saturated carbocycles. The molecule has 1 heterocycles. The summed E-state index contributed by atoms with van der Waals surface area (Å²) in [6, 6.07) is 0. The lowest BCUT2D eigenvalue weighted by Gasteiger charge is -2.41. The van der Waals surface area contributed by atoms with Gasteiger partial charge < -0.3 is 9.84 Å². The van der Waals surface area contributed by atoms with Gasteiger partial charge >= 0.3 is 0 Å². The Labute approximate surface area is 85.5 Å². The fourth-order valence-electron chi connectivity index (χ4n) is 1.83. The fraction of sp³-hybridized carbons (Fsp3) is 1.00. The normalized spacial score (nSPS) is 34.5. The first-order valence-electron chi connectivity index (χ1n) is 5.24. The molecule has 84 valence electrons. The minimum atomic E-state index is -0.901. The van der Waals surface area contributed by atoms with Crippen LogP contribution < -0.4 is 0 Å². The van der Waals surface area contributed by atoms with Gasteiger partial charge in [0.1, 0.15) is 12.3 Å². The van der Waals surface area contributed by atoms with Crippen LogP contribution in [-0.4, -0.2) is 30.6 Å². The maximum Gasteiger partial charge on any atom is 0.121 e. The lowest BCUT2D eigenvalue weighted by Crippen LogP contribution is -2.46. The predicted molar refractivity (Wildman–Crippen MR) is 53.9 cm³/mol. The Morgan fingerprint density at radius 3 is 2.43 bits per heavy atom. The van der Waals surface area contributed by atoms with Crippen LogP contribution in [0.5, 0.6) is 0 Å². The SMILES string of the molecule is CC(C)(C)C1CCC(CO)(CF)OC1. The van der Waals surface area contributed by atoms with E-state index in [2.05, 4.69) is 20.8 Å². The summed E-state index contributed by atoms with van der Waals surface area (Å²) in [5.41, 5.74) is -0.695. The molecular weight excluding hydrogens is 183 g/mol. The third-order valence-corrected chi connectivity index (χ3v) is 3.30. The largest absolute Gasteiger partial charge is 0.393 e. The molecule has 0 amide bonds. The minimum Gasteiger partial charge on any atom is -0.393 e. The summed E-state index contributed by atoms with van der Waals surface area (Å²) in [6.45, 7) is 6.28. The van der Waals surface area contributed by atoms with Crippen molar-refractivity contribution in [1.29, 1.82) is 0 Å². The minimum absolute atomic E-state index is 0.206. The number of hydrogen-bond donors (Lipinski definition) is 1. The number of hydrogen-bond acceptors (Lipinski definition) is 2. The Morgan fingerprint density at radius 2 is 2.14 bits per heavy atom. The van der Waals surface area contributed by atoms with Crippen LogP contribution in [-0.2, 0) is 4.74 Å². The van der Waals surface area contributed by atoms with Crippen LogP contribution in [0, 0.1) is 11.3 Å². The van der Waals surface area contributed by atoms with Gasteiger partial charge in [-0.3, -0.25) is 0 Å². The molecule has 2 atom stereocenters. The molecule has 1 rings (SSSR count). The van der Waals surface area contributed by atoms with Crippen LogP contribution >= 0.6 is 0 Å². The van der Waals surface area contributed by atoms with Crippen LogP contribution in [0.3, 0.4) is 0 Å². The molecule has 0 aromatic rings. The summed E-state index contributed by atoms with van der Waals surface area (Å²) >= 11 is 0. The Morgan fingerprint density at radius 1 is 1.50 bits per heavy atom. The van der Waals surface area contributed by atoms with E-state index in [1.807, 2.05) is 0 Å². The Hall–Kier alpha value is -0.150. The van der Waals surface area contributed by atoms with E-state index in [1.165, 1.54) is 0 Å². The van der Waals surface area contributed by atoms with Crippen LogP contribution in [0.2, 0.25) is 0 Å². The third kappa shape index (κ3) is 2.45. The molecule has 0 aliphatic carbocycles. The monoisotopic (exact) mass is 204 g/mol. The predicted octanol–water partition coefficient (Wildman–Crippen LogP) is 2.16. The molecular formula is C11H21FO2. The highest BCUT2D eigenvalue weighted by atomic mass is 19.1. The number of ether oxygens (including phenoxy) is 1. The van der Waals surface area contributed by atoms with Crippen molar-refractivity contribution in [2.24, 2.45) is 11.3 Å². The van der Waals surface area contributed by atoms with Crippen molar-refractivity contribution in [1.82, 2.24) is 0 Å². The van der Waals surface area contributed by atoms with Gasteiger partial charge in [-0.1, -0.05) is 20.8 Å². The lowest BCUT2D eigenvalue weighted by atomic mass is 9.75. The lowest BCUT2D eigenvalue weighted by molar-refractivity contribution is -0.149. The zero-order valence-corrected chi connectivity index (χ0v) is 9.35. The zero-order valence-electron chi connectivity index (χ0n) is 9.35. The van der Waals surface area contributed by atoms with Gasteiger partial charge in [0.2, 0.25) is 0 Å². The molecule has 1 fully saturated rings. The topological polar surface area (TPSA) is 29.5 Å². The standard InChI is InChI=1S/C11H21FO2/c1-10(2,3)9-4-5-11(7-12,8-13)14-6-9/h9,13H,4-8H2,1-3H3. The van der Waals surface area contributed by atoms with Crippen LogP contribution in [0.4, 0.5) is 4.39 Å². The average Bonchev–Trinajstić information content (AvgIpc) is 2.16. The van der Waals surface area contributed by atoms with Gasteiger partial charge in [0.15, 0.2) is 0 Å². The van der Waals surface area contributed by atoms with Crippen molar-refractivity contribution in [2.75, 3.05) is 19.9 Å². The molecule has 3 heteroatoms. The first-order chi connectivity index (χ1) is 6.43. The van der Waals surface area contributed by atoms with E-state index >= 15 is 0 Å². The second-order valence-corrected chi connectivity index (χ2v) is 5.39. The van der Waals surface area contributed by atoms with Crippen LogP contribution in [0.25, 0.3) is 0 Å². The van der Waals surface area contributed by atoms with Crippen molar-refractivity contribution < 1.29 is 14.2 Å². The molecule has 0 bridgehead atoms. The molecule has 1 aliphatic heterocycles. The summed E-state index contributed by atoms with van der Waals surface area (Å²) in [7, 11) is 0. The molecule has 0 aromatic heterocycles. The average molecular weight is 204 g/mol. The van der Waals surface area contributed by atoms with Crippen molar-refractivity contribution in [2.45, 2.75) is 39.2 Å². The highest BCUT2D eigenvalue weighted by Crippen LogP contribution is 2.37. The van der Waals surface area contributed by atoms with Gasteiger partial charge in [0.05, 0.1) is 13.2 Å². The summed E-state index contributed by atoms with van der Waals surface area (Å²) in [6.07, 6.45) is 1.57. The summed E-state index contributed by atoms with van der Waals surface area (Å²) < 4.78 is 18.2. The van der Waals surface area contributed by atoms with E-state index in [4.69, 9.17) is 9.84 Å². The summed E-state index contributed by atoms with van der Waals surface area (Å²) in [5, 5.41) is 9.07. The van der Waals surface area contributed by atoms with Gasteiger partial charge in [-0.2, -0.15) is 0 Å². The van der Waals surface area contributed by atoms with E-state index in [0.717, 1.165) is 6.42 Å². The van der Waals surface area contributed by atoms with Gasteiger partial charge in [-0.05, 0) is 24.2 Å². The molecule has 0 radical (unpaired) electrons. The molecule has 0 spiro atoms. The second-order valence-electron chi connectivity index (χ2n) is 5.39. The van der Waals surface area contributed by atoms with Crippen molar-refractivity contribution in [3.63, 3.8) is 0 Å². The van der Waals surface area contributed by atoms with E-state index < -0.39 is 12.3 Å². The van der Waals surface area contributed by atoms with E-state index in [9.17, 15) is 4.39 Å². The molecule has 1 aliphatic rings. The molecule has 0 aromatic carbocycles. The highest BCUT2D eigenvalue weighted by molar-refractivity contribution is 4.88. The number of aliphatic hydroxyl groups excluding tert-OH is 1. The quantitative estimate of drug-likeness (QED) is 0.747. The molecule has 2 nitrogen and oxygen atoms in total. The van der Waals surface area contributed by atoms with Crippen LogP contribution in [0.15, 0.2) is 0 Å². The molecule has 1 N–H and O–H groups in total. The number of halogens is 1. The summed E-state index contributed by atoms with van der Waals surface area (Å²) in [5.74, 6) is 0.466. The zero-order chi connectivity index (χ0) is 10.8. The maximum absolute atomic E-state index is 12.7. The molecule has 2 unspecified atom stereocenters. The number of rotatable bonds is 2. The second kappa shape index (κ2) is 4.15. The Kier molecular flexibility index (Phi) is 3.53. The number of aliphatic hydroxyl groups is 1. The Bertz CT molecular complexity index is 172. The van der Waals surface area contributed by atoms with Crippen LogP contribution in [0.1, 0.15) is 33.6 Å².